The van der Waals surface area contributed by atoms with Crippen LogP contribution in [0.2, 0.25) is 0 Å². The van der Waals surface area contributed by atoms with Gasteiger partial charge in [0.1, 0.15) is 0 Å². The molecule has 0 aliphatic carbocycles. The molecular weight excluding hydrogens is 265 g/mol. The first-order chi connectivity index (χ1) is 8.15. The molecule has 0 aliphatic rings. The maximum atomic E-state index is 13.4. The molecule has 1 aromatic rings. The fourth-order valence-electron chi connectivity index (χ4n) is 1.30. The van der Waals surface area contributed by atoms with Crippen LogP contribution >= 0.6 is 0 Å². The smallest absolute Gasteiger partial charge is 0.258 e. The summed E-state index contributed by atoms with van der Waals surface area (Å²) in [7, 11) is -1.06. The fourth-order valence-corrected chi connectivity index (χ4v) is 2.48. The highest BCUT2D eigenvalue weighted by molar-refractivity contribution is 7.89. The number of rotatable bonds is 4. The lowest BCUT2D eigenvalue weighted by molar-refractivity contribution is -0.387. The molecule has 0 radical (unpaired) electrons. The summed E-state index contributed by atoms with van der Waals surface area (Å²) in [6.45, 7) is 1.26. The molecule has 0 amide bonds. The Hall–Kier alpha value is -1.58. The number of halogens is 1. The number of aryl methyl sites for hydroxylation is 1. The lowest BCUT2D eigenvalue weighted by atomic mass is 10.2. The topological polar surface area (TPSA) is 92.6 Å². The number of nitro groups is 1. The van der Waals surface area contributed by atoms with Crippen LogP contribution in [0.25, 0.3) is 0 Å². The lowest BCUT2D eigenvalue weighted by Gasteiger charge is -2.13. The van der Waals surface area contributed by atoms with E-state index in [0.29, 0.717) is 6.07 Å². The van der Waals surface area contributed by atoms with Gasteiger partial charge in [0.2, 0.25) is 5.82 Å². The van der Waals surface area contributed by atoms with Gasteiger partial charge >= 0.3 is 5.69 Å². The third-order valence-electron chi connectivity index (χ3n) is 2.02. The lowest BCUT2D eigenvalue weighted by Crippen LogP contribution is -2.36. The first kappa shape index (κ1) is 14.5. The maximum absolute atomic E-state index is 13.4. The van der Waals surface area contributed by atoms with Gasteiger partial charge in [0, 0.05) is 20.2 Å². The number of benzene rings is 1. The molecule has 7 nitrogen and oxygen atoms in total. The van der Waals surface area contributed by atoms with Crippen LogP contribution < -0.4 is 4.83 Å². The van der Waals surface area contributed by atoms with E-state index in [1.807, 2.05) is 0 Å². The monoisotopic (exact) mass is 277 g/mol. The van der Waals surface area contributed by atoms with E-state index in [0.717, 1.165) is 6.07 Å². The Labute approximate surface area is 103 Å². The van der Waals surface area contributed by atoms with Crippen LogP contribution in [0.4, 0.5) is 10.1 Å². The molecule has 0 unspecified atom stereocenters. The van der Waals surface area contributed by atoms with Gasteiger partial charge in [-0.2, -0.15) is 4.39 Å². The van der Waals surface area contributed by atoms with Crippen LogP contribution in [0, 0.1) is 22.9 Å². The highest BCUT2D eigenvalue weighted by Crippen LogP contribution is 2.24. The van der Waals surface area contributed by atoms with Crippen molar-refractivity contribution in [3.63, 3.8) is 0 Å². The summed E-state index contributed by atoms with van der Waals surface area (Å²) in [6.07, 6.45) is 0. The van der Waals surface area contributed by atoms with E-state index >= 15 is 0 Å². The summed E-state index contributed by atoms with van der Waals surface area (Å²) in [6, 6.07) is 1.72. The van der Waals surface area contributed by atoms with Crippen LogP contribution in [-0.4, -0.2) is 32.4 Å². The van der Waals surface area contributed by atoms with E-state index in [-0.39, 0.29) is 10.5 Å². The van der Waals surface area contributed by atoms with Crippen molar-refractivity contribution in [1.82, 2.24) is 9.84 Å². The van der Waals surface area contributed by atoms with E-state index in [9.17, 15) is 22.9 Å². The van der Waals surface area contributed by atoms with Crippen LogP contribution in [-0.2, 0) is 10.0 Å². The molecular formula is C9H12FN3O4S. The van der Waals surface area contributed by atoms with Gasteiger partial charge in [0.25, 0.3) is 10.0 Å². The SMILES string of the molecule is Cc1cc(S(=O)(=O)NN(C)C)cc([N+](=O)[O-])c1F. The molecule has 0 spiro atoms. The van der Waals surface area contributed by atoms with Crippen molar-refractivity contribution >= 4 is 15.7 Å². The minimum atomic E-state index is -3.95. The van der Waals surface area contributed by atoms with Gasteiger partial charge in [0.05, 0.1) is 9.82 Å². The molecule has 0 aliphatic heterocycles. The highest BCUT2D eigenvalue weighted by Gasteiger charge is 2.24. The first-order valence-corrected chi connectivity index (χ1v) is 6.28. The second kappa shape index (κ2) is 4.96. The zero-order chi connectivity index (χ0) is 14.1. The molecule has 0 saturated heterocycles. The first-order valence-electron chi connectivity index (χ1n) is 4.79. The van der Waals surface area contributed by atoms with Crippen molar-refractivity contribution in [2.45, 2.75) is 11.8 Å². The van der Waals surface area contributed by atoms with Gasteiger partial charge in [-0.05, 0) is 18.6 Å². The molecule has 0 fully saturated rings. The number of nitro benzene ring substituents is 1. The van der Waals surface area contributed by atoms with Crippen molar-refractivity contribution in [3.05, 3.63) is 33.6 Å². The maximum Gasteiger partial charge on any atom is 0.306 e. The molecule has 0 bridgehead atoms. The number of hydrogen-bond acceptors (Lipinski definition) is 5. The molecule has 0 aromatic heterocycles. The minimum Gasteiger partial charge on any atom is -0.258 e. The summed E-state index contributed by atoms with van der Waals surface area (Å²) in [5, 5.41) is 11.8. The number of sulfonamides is 1. The standard InChI is InChI=1S/C9H12FN3O4S/c1-6-4-7(18(16,17)11-12(2)3)5-8(9(6)10)13(14)15/h4-5,11H,1-3H3. The van der Waals surface area contributed by atoms with E-state index in [4.69, 9.17) is 0 Å². The minimum absolute atomic E-state index is 0.108. The number of hydrogen-bond donors (Lipinski definition) is 1. The second-order valence-electron chi connectivity index (χ2n) is 3.82. The summed E-state index contributed by atoms with van der Waals surface area (Å²) in [4.78, 5) is 11.4. The van der Waals surface area contributed by atoms with Crippen molar-refractivity contribution < 1.29 is 17.7 Å². The molecule has 1 rings (SSSR count). The van der Waals surface area contributed by atoms with Crippen LogP contribution in [0.5, 0.6) is 0 Å². The molecule has 0 atom stereocenters. The molecule has 9 heteroatoms. The summed E-state index contributed by atoms with van der Waals surface area (Å²) in [5.41, 5.74) is -0.975. The Morgan fingerprint density at radius 1 is 1.39 bits per heavy atom. The van der Waals surface area contributed by atoms with Gasteiger partial charge in [0.15, 0.2) is 0 Å². The Bertz CT molecular complexity index is 586. The van der Waals surface area contributed by atoms with E-state index in [1.165, 1.54) is 26.0 Å². The number of hydrazine groups is 1. The Morgan fingerprint density at radius 2 is 1.94 bits per heavy atom. The van der Waals surface area contributed by atoms with Gasteiger partial charge in [-0.1, -0.05) is 0 Å². The third kappa shape index (κ3) is 3.00. The van der Waals surface area contributed by atoms with Crippen molar-refractivity contribution in [2.75, 3.05) is 14.1 Å². The Kier molecular flexibility index (Phi) is 3.99. The normalized spacial score (nSPS) is 11.8. The summed E-state index contributed by atoms with van der Waals surface area (Å²) < 4.78 is 37.0. The second-order valence-corrected chi connectivity index (χ2v) is 5.48. The predicted octanol–water partition coefficient (Wildman–Crippen LogP) is 0.797. The van der Waals surface area contributed by atoms with Crippen molar-refractivity contribution in [3.8, 4) is 0 Å². The molecule has 18 heavy (non-hydrogen) atoms. The largest absolute Gasteiger partial charge is 0.306 e. The molecule has 1 aromatic carbocycles. The van der Waals surface area contributed by atoms with Crippen molar-refractivity contribution in [1.29, 1.82) is 0 Å². The van der Waals surface area contributed by atoms with Crippen LogP contribution in [0.1, 0.15) is 5.56 Å². The van der Waals surface area contributed by atoms with E-state index in [1.54, 1.807) is 0 Å². The summed E-state index contributed by atoms with van der Waals surface area (Å²) >= 11 is 0. The number of nitrogens with one attached hydrogen (secondary N) is 1. The fraction of sp³-hybridized carbons (Fsp3) is 0.333. The zero-order valence-corrected chi connectivity index (χ0v) is 10.8. The average Bonchev–Trinajstić information content (AvgIpc) is 2.19. The van der Waals surface area contributed by atoms with Crippen molar-refractivity contribution in [2.24, 2.45) is 0 Å². The van der Waals surface area contributed by atoms with E-state index < -0.39 is 26.5 Å². The Balaban J connectivity index is 3.40. The average molecular weight is 277 g/mol. The molecule has 100 valence electrons. The molecule has 1 N–H and O–H groups in total. The quantitative estimate of drug-likeness (QED) is 0.649. The zero-order valence-electron chi connectivity index (χ0n) is 9.97. The number of nitrogens with zero attached hydrogens (tertiary/aromatic N) is 2. The van der Waals surface area contributed by atoms with Gasteiger partial charge < -0.3 is 0 Å². The summed E-state index contributed by atoms with van der Waals surface area (Å²) in [5.74, 6) is -1.04. The van der Waals surface area contributed by atoms with Crippen LogP contribution in [0.15, 0.2) is 17.0 Å². The van der Waals surface area contributed by atoms with E-state index in [2.05, 4.69) is 4.83 Å². The predicted molar refractivity (Wildman–Crippen MR) is 61.8 cm³/mol. The highest BCUT2D eigenvalue weighted by atomic mass is 32.2. The van der Waals surface area contributed by atoms with Crippen LogP contribution in [0.3, 0.4) is 0 Å². The van der Waals surface area contributed by atoms with Gasteiger partial charge in [-0.25, -0.2) is 13.4 Å². The molecule has 0 heterocycles. The van der Waals surface area contributed by atoms with Gasteiger partial charge in [-0.3, -0.25) is 10.1 Å². The Morgan fingerprint density at radius 3 is 2.39 bits per heavy atom. The third-order valence-corrected chi connectivity index (χ3v) is 3.48. The van der Waals surface area contributed by atoms with Gasteiger partial charge in [-0.15, -0.1) is 4.83 Å². The molecule has 0 saturated carbocycles.